The van der Waals surface area contributed by atoms with Crippen LogP contribution in [0.5, 0.6) is 0 Å². The van der Waals surface area contributed by atoms with Gasteiger partial charge in [-0.05, 0) is 44.3 Å². The Morgan fingerprint density at radius 2 is 1.87 bits per heavy atom. The summed E-state index contributed by atoms with van der Waals surface area (Å²) in [6, 6.07) is 13.8. The number of hydrogen-bond donors (Lipinski definition) is 3. The first-order valence-corrected chi connectivity index (χ1v) is 9.82. The molecule has 2 heterocycles. The molecule has 1 fully saturated rings. The predicted octanol–water partition coefficient (Wildman–Crippen LogP) is 2.45. The van der Waals surface area contributed by atoms with Crippen molar-refractivity contribution in [2.45, 2.75) is 25.8 Å². The van der Waals surface area contributed by atoms with Crippen molar-refractivity contribution in [1.82, 2.24) is 25.6 Å². The Bertz CT molecular complexity index is 1040. The second-order valence-corrected chi connectivity index (χ2v) is 7.21. The van der Waals surface area contributed by atoms with Crippen LogP contribution in [0.1, 0.15) is 35.1 Å². The number of nitrogens with zero attached hydrogens (tertiary/aromatic N) is 3. The van der Waals surface area contributed by atoms with E-state index in [-0.39, 0.29) is 36.6 Å². The molecule has 0 radical (unpaired) electrons. The van der Waals surface area contributed by atoms with Gasteiger partial charge in [0.05, 0.1) is 18.3 Å². The molecule has 158 valence electrons. The highest BCUT2D eigenvalue weighted by Crippen LogP contribution is 2.23. The van der Waals surface area contributed by atoms with Crippen molar-refractivity contribution in [2.75, 3.05) is 25.0 Å². The average Bonchev–Trinajstić information content (AvgIpc) is 3.14. The molecule has 4 rings (SSSR count). The van der Waals surface area contributed by atoms with Crippen molar-refractivity contribution in [3.63, 3.8) is 0 Å². The van der Waals surface area contributed by atoms with Crippen molar-refractivity contribution in [1.29, 1.82) is 0 Å². The van der Waals surface area contributed by atoms with Crippen molar-refractivity contribution in [3.8, 4) is 0 Å². The van der Waals surface area contributed by atoms with Crippen LogP contribution in [0.2, 0.25) is 0 Å². The van der Waals surface area contributed by atoms with Gasteiger partial charge < -0.3 is 16.0 Å². The maximum absolute atomic E-state index is 12.5. The largest absolute Gasteiger partial charge is 0.342 e. The van der Waals surface area contributed by atoms with E-state index in [1.807, 2.05) is 54.1 Å². The molecule has 0 unspecified atom stereocenters. The lowest BCUT2D eigenvalue weighted by atomic mass is 10.1. The fourth-order valence-corrected chi connectivity index (χ4v) is 3.72. The van der Waals surface area contributed by atoms with Crippen LogP contribution in [0.15, 0.2) is 42.5 Å². The first-order chi connectivity index (χ1) is 14.1. The third kappa shape index (κ3) is 4.60. The third-order valence-corrected chi connectivity index (χ3v) is 5.27. The van der Waals surface area contributed by atoms with Gasteiger partial charge in [-0.2, -0.15) is 0 Å². The molecule has 30 heavy (non-hydrogen) atoms. The SMILES string of the molecule is Cc1c(C(=O)NCC(=O)Nc2cccc3ccccc23)nnn1C1CCNCC1.Cl. The molecular weight excluding hydrogens is 404 g/mol. The molecule has 2 aromatic carbocycles. The van der Waals surface area contributed by atoms with E-state index >= 15 is 0 Å². The summed E-state index contributed by atoms with van der Waals surface area (Å²) < 4.78 is 1.83. The van der Waals surface area contributed by atoms with Crippen LogP contribution in [0.25, 0.3) is 10.8 Å². The smallest absolute Gasteiger partial charge is 0.274 e. The summed E-state index contributed by atoms with van der Waals surface area (Å²) >= 11 is 0. The second kappa shape index (κ2) is 9.69. The van der Waals surface area contributed by atoms with E-state index in [1.54, 1.807) is 0 Å². The molecule has 0 bridgehead atoms. The van der Waals surface area contributed by atoms with Gasteiger partial charge in [-0.3, -0.25) is 9.59 Å². The number of carbonyl (C=O) groups excluding carboxylic acids is 2. The number of hydrogen-bond acceptors (Lipinski definition) is 5. The summed E-state index contributed by atoms with van der Waals surface area (Å²) in [5.74, 6) is -0.686. The van der Waals surface area contributed by atoms with E-state index in [4.69, 9.17) is 0 Å². The van der Waals surface area contributed by atoms with E-state index in [9.17, 15) is 9.59 Å². The fourth-order valence-electron chi connectivity index (χ4n) is 3.72. The molecule has 1 saturated heterocycles. The van der Waals surface area contributed by atoms with Crippen molar-refractivity contribution in [3.05, 3.63) is 53.9 Å². The molecule has 0 spiro atoms. The number of nitrogens with one attached hydrogen (secondary N) is 3. The van der Waals surface area contributed by atoms with E-state index in [0.717, 1.165) is 48.1 Å². The Morgan fingerprint density at radius 1 is 1.13 bits per heavy atom. The Kier molecular flexibility index (Phi) is 7.02. The van der Waals surface area contributed by atoms with Gasteiger partial charge in [-0.1, -0.05) is 41.6 Å². The summed E-state index contributed by atoms with van der Waals surface area (Å²) in [5.41, 5.74) is 1.71. The van der Waals surface area contributed by atoms with Gasteiger partial charge in [0.25, 0.3) is 5.91 Å². The van der Waals surface area contributed by atoms with Gasteiger partial charge in [0, 0.05) is 11.1 Å². The number of fused-ring (bicyclic) bond motifs is 1. The molecule has 1 aliphatic rings. The van der Waals surface area contributed by atoms with Gasteiger partial charge in [0.2, 0.25) is 5.91 Å². The zero-order valence-electron chi connectivity index (χ0n) is 16.7. The minimum atomic E-state index is -0.393. The number of anilines is 1. The maximum Gasteiger partial charge on any atom is 0.274 e. The van der Waals surface area contributed by atoms with Crippen LogP contribution in [0.3, 0.4) is 0 Å². The summed E-state index contributed by atoms with van der Waals surface area (Å²) in [4.78, 5) is 24.9. The lowest BCUT2D eigenvalue weighted by Gasteiger charge is -2.23. The Balaban J connectivity index is 0.00000256. The first kappa shape index (κ1) is 21.7. The number of amides is 2. The molecule has 3 N–H and O–H groups in total. The van der Waals surface area contributed by atoms with E-state index in [0.29, 0.717) is 0 Å². The summed E-state index contributed by atoms with van der Waals surface area (Å²) in [7, 11) is 0. The average molecular weight is 429 g/mol. The second-order valence-electron chi connectivity index (χ2n) is 7.21. The van der Waals surface area contributed by atoms with Crippen LogP contribution in [-0.2, 0) is 4.79 Å². The van der Waals surface area contributed by atoms with E-state index in [1.165, 1.54) is 0 Å². The Labute approximate surface area is 180 Å². The molecule has 0 saturated carbocycles. The summed E-state index contributed by atoms with van der Waals surface area (Å²) in [6.07, 6.45) is 1.91. The van der Waals surface area contributed by atoms with Gasteiger partial charge in [-0.15, -0.1) is 17.5 Å². The Hall–Kier alpha value is -2.97. The van der Waals surface area contributed by atoms with E-state index < -0.39 is 5.91 Å². The fraction of sp³-hybridized carbons (Fsp3) is 0.333. The standard InChI is InChI=1S/C21H24N6O2.ClH/c1-14-20(25-26-27(14)16-9-11-22-12-10-16)21(29)23-13-19(28)24-18-8-4-6-15-5-2-3-7-17(15)18;/h2-8,16,22H,9-13H2,1H3,(H,23,29)(H,24,28);1H. The highest BCUT2D eigenvalue weighted by Gasteiger charge is 2.23. The summed E-state index contributed by atoms with van der Waals surface area (Å²) in [5, 5.41) is 19.0. The van der Waals surface area contributed by atoms with Crippen molar-refractivity contribution in [2.24, 2.45) is 0 Å². The molecule has 3 aromatic rings. The Morgan fingerprint density at radius 3 is 2.67 bits per heavy atom. The normalized spacial score (nSPS) is 14.2. The monoisotopic (exact) mass is 428 g/mol. The molecule has 9 heteroatoms. The minimum Gasteiger partial charge on any atom is -0.342 e. The van der Waals surface area contributed by atoms with Gasteiger partial charge in [-0.25, -0.2) is 4.68 Å². The highest BCUT2D eigenvalue weighted by atomic mass is 35.5. The number of aromatic nitrogens is 3. The lowest BCUT2D eigenvalue weighted by Crippen LogP contribution is -2.33. The lowest BCUT2D eigenvalue weighted by molar-refractivity contribution is -0.115. The third-order valence-electron chi connectivity index (χ3n) is 5.27. The van der Waals surface area contributed by atoms with Gasteiger partial charge in [0.1, 0.15) is 0 Å². The molecule has 2 amide bonds. The number of carbonyl (C=O) groups is 2. The molecule has 1 aromatic heterocycles. The van der Waals surface area contributed by atoms with Crippen LogP contribution < -0.4 is 16.0 Å². The first-order valence-electron chi connectivity index (χ1n) is 9.82. The topological polar surface area (TPSA) is 101 Å². The number of benzene rings is 2. The molecule has 0 atom stereocenters. The number of piperidine rings is 1. The number of rotatable bonds is 5. The van der Waals surface area contributed by atoms with Crippen LogP contribution in [-0.4, -0.2) is 46.4 Å². The maximum atomic E-state index is 12.5. The quantitative estimate of drug-likeness (QED) is 0.579. The summed E-state index contributed by atoms with van der Waals surface area (Å²) in [6.45, 7) is 3.56. The molecule has 0 aliphatic carbocycles. The van der Waals surface area contributed by atoms with Crippen LogP contribution in [0, 0.1) is 6.92 Å². The zero-order chi connectivity index (χ0) is 20.2. The highest BCUT2D eigenvalue weighted by molar-refractivity contribution is 6.04. The van der Waals surface area contributed by atoms with Gasteiger partial charge in [0.15, 0.2) is 5.69 Å². The molecule has 1 aliphatic heterocycles. The number of halogens is 1. The van der Waals surface area contributed by atoms with Gasteiger partial charge >= 0.3 is 0 Å². The zero-order valence-corrected chi connectivity index (χ0v) is 17.5. The van der Waals surface area contributed by atoms with Crippen molar-refractivity contribution < 1.29 is 9.59 Å². The molecular formula is C21H25ClN6O2. The minimum absolute atomic E-state index is 0. The van der Waals surface area contributed by atoms with Crippen LogP contribution >= 0.6 is 12.4 Å². The van der Waals surface area contributed by atoms with Crippen LogP contribution in [0.4, 0.5) is 5.69 Å². The predicted molar refractivity (Wildman–Crippen MR) is 118 cm³/mol. The molecule has 8 nitrogen and oxygen atoms in total. The van der Waals surface area contributed by atoms with Crippen molar-refractivity contribution >= 4 is 40.7 Å². The van der Waals surface area contributed by atoms with E-state index in [2.05, 4.69) is 26.3 Å².